The summed E-state index contributed by atoms with van der Waals surface area (Å²) >= 11 is 5.79. The van der Waals surface area contributed by atoms with Gasteiger partial charge in [-0.05, 0) is 51.6 Å². The number of nitrogen functional groups attached to an aromatic ring is 1. The van der Waals surface area contributed by atoms with Crippen molar-refractivity contribution in [1.82, 2.24) is 9.62 Å². The topological polar surface area (TPSA) is 75.4 Å². The summed E-state index contributed by atoms with van der Waals surface area (Å²) in [6.45, 7) is 0.393. The molecule has 0 heterocycles. The van der Waals surface area contributed by atoms with Crippen molar-refractivity contribution < 1.29 is 8.42 Å². The van der Waals surface area contributed by atoms with Crippen LogP contribution in [-0.2, 0) is 10.0 Å². The number of sulfonamides is 1. The standard InChI is InChI=1S/C13H20ClN3O2S/c1-17(2)13(6-3-7-13)9-16-20(18,19)12-5-4-10(14)8-11(12)15/h4-5,8,16H,3,6-7,9,15H2,1-2H3. The number of benzene rings is 1. The molecular formula is C13H20ClN3O2S. The summed E-state index contributed by atoms with van der Waals surface area (Å²) in [5.74, 6) is 0. The third kappa shape index (κ3) is 2.93. The lowest BCUT2D eigenvalue weighted by atomic mass is 9.76. The average Bonchev–Trinajstić information content (AvgIpc) is 2.25. The first kappa shape index (κ1) is 15.6. The van der Waals surface area contributed by atoms with Gasteiger partial charge in [0.1, 0.15) is 4.90 Å². The molecule has 0 saturated heterocycles. The molecule has 1 fully saturated rings. The zero-order valence-electron chi connectivity index (χ0n) is 11.7. The lowest BCUT2D eigenvalue weighted by molar-refractivity contribution is 0.0657. The van der Waals surface area contributed by atoms with Gasteiger partial charge in [-0.2, -0.15) is 0 Å². The van der Waals surface area contributed by atoms with Crippen LogP contribution in [0.2, 0.25) is 5.02 Å². The summed E-state index contributed by atoms with van der Waals surface area (Å²) in [7, 11) is 0.342. The van der Waals surface area contributed by atoms with E-state index in [-0.39, 0.29) is 16.1 Å². The molecule has 1 aliphatic rings. The highest BCUT2D eigenvalue weighted by Gasteiger charge is 2.39. The van der Waals surface area contributed by atoms with Crippen molar-refractivity contribution in [3.63, 3.8) is 0 Å². The average molecular weight is 318 g/mol. The van der Waals surface area contributed by atoms with Gasteiger partial charge in [0.15, 0.2) is 0 Å². The molecule has 5 nitrogen and oxygen atoms in total. The summed E-state index contributed by atoms with van der Waals surface area (Å²) in [5, 5.41) is 0.421. The maximum atomic E-state index is 12.3. The lowest BCUT2D eigenvalue weighted by Gasteiger charge is -2.47. The molecule has 0 unspecified atom stereocenters. The first-order chi connectivity index (χ1) is 9.27. The van der Waals surface area contributed by atoms with Crippen molar-refractivity contribution in [2.75, 3.05) is 26.4 Å². The molecule has 0 radical (unpaired) electrons. The molecule has 20 heavy (non-hydrogen) atoms. The van der Waals surface area contributed by atoms with Crippen molar-refractivity contribution in [1.29, 1.82) is 0 Å². The van der Waals surface area contributed by atoms with E-state index in [9.17, 15) is 8.42 Å². The van der Waals surface area contributed by atoms with E-state index in [0.717, 1.165) is 19.3 Å². The molecule has 1 aliphatic carbocycles. The van der Waals surface area contributed by atoms with Gasteiger partial charge in [0.2, 0.25) is 10.0 Å². The Balaban J connectivity index is 2.15. The SMILES string of the molecule is CN(C)C1(CNS(=O)(=O)c2ccc(Cl)cc2N)CCC1. The van der Waals surface area contributed by atoms with Crippen molar-refractivity contribution >= 4 is 27.3 Å². The Morgan fingerprint density at radius 1 is 1.40 bits per heavy atom. The van der Waals surface area contributed by atoms with Crippen LogP contribution in [-0.4, -0.2) is 39.5 Å². The number of anilines is 1. The van der Waals surface area contributed by atoms with E-state index in [1.54, 1.807) is 0 Å². The highest BCUT2D eigenvalue weighted by atomic mass is 35.5. The van der Waals surface area contributed by atoms with Gasteiger partial charge in [-0.25, -0.2) is 13.1 Å². The number of hydrogen-bond donors (Lipinski definition) is 2. The first-order valence-electron chi connectivity index (χ1n) is 6.49. The number of nitrogens with one attached hydrogen (secondary N) is 1. The Morgan fingerprint density at radius 2 is 2.05 bits per heavy atom. The monoisotopic (exact) mass is 317 g/mol. The van der Waals surface area contributed by atoms with Crippen LogP contribution in [0.4, 0.5) is 5.69 Å². The smallest absolute Gasteiger partial charge is 0.242 e. The fourth-order valence-corrected chi connectivity index (χ4v) is 3.85. The molecule has 7 heteroatoms. The molecule has 3 N–H and O–H groups in total. The van der Waals surface area contributed by atoms with Crippen molar-refractivity contribution in [2.24, 2.45) is 0 Å². The Morgan fingerprint density at radius 3 is 2.50 bits per heavy atom. The fourth-order valence-electron chi connectivity index (χ4n) is 2.44. The Hall–Kier alpha value is -0.820. The third-order valence-electron chi connectivity index (χ3n) is 4.09. The lowest BCUT2D eigenvalue weighted by Crippen LogP contribution is -2.57. The van der Waals surface area contributed by atoms with E-state index in [1.165, 1.54) is 18.2 Å². The Labute approximate surface area is 125 Å². The number of nitrogens with zero attached hydrogens (tertiary/aromatic N) is 1. The normalized spacial score (nSPS) is 18.0. The number of hydrogen-bond acceptors (Lipinski definition) is 4. The molecule has 0 atom stereocenters. The van der Waals surface area contributed by atoms with Crippen LogP contribution in [0.15, 0.2) is 23.1 Å². The largest absolute Gasteiger partial charge is 0.398 e. The Bertz CT molecular complexity index is 598. The number of likely N-dealkylation sites (N-methyl/N-ethyl adjacent to an activating group) is 1. The maximum Gasteiger partial charge on any atom is 0.242 e. The summed E-state index contributed by atoms with van der Waals surface area (Å²) in [4.78, 5) is 2.17. The molecule has 1 saturated carbocycles. The van der Waals surface area contributed by atoms with Gasteiger partial charge in [-0.15, -0.1) is 0 Å². The van der Waals surface area contributed by atoms with Gasteiger partial charge in [0, 0.05) is 17.1 Å². The van der Waals surface area contributed by atoms with Crippen LogP contribution in [0.25, 0.3) is 0 Å². The van der Waals surface area contributed by atoms with Crippen LogP contribution in [0.3, 0.4) is 0 Å². The van der Waals surface area contributed by atoms with E-state index < -0.39 is 10.0 Å². The van der Waals surface area contributed by atoms with E-state index in [1.807, 2.05) is 14.1 Å². The molecule has 0 bridgehead atoms. The molecule has 0 amide bonds. The van der Waals surface area contributed by atoms with Gasteiger partial charge in [0.05, 0.1) is 5.69 Å². The van der Waals surface area contributed by atoms with Gasteiger partial charge >= 0.3 is 0 Å². The predicted octanol–water partition coefficient (Wildman–Crippen LogP) is 1.68. The minimum absolute atomic E-state index is 0.0751. The van der Waals surface area contributed by atoms with E-state index in [0.29, 0.717) is 11.6 Å². The number of rotatable bonds is 5. The van der Waals surface area contributed by atoms with Crippen molar-refractivity contribution in [3.8, 4) is 0 Å². The van der Waals surface area contributed by atoms with Crippen LogP contribution in [0.5, 0.6) is 0 Å². The van der Waals surface area contributed by atoms with E-state index in [2.05, 4.69) is 9.62 Å². The van der Waals surface area contributed by atoms with E-state index in [4.69, 9.17) is 17.3 Å². The van der Waals surface area contributed by atoms with Crippen molar-refractivity contribution in [2.45, 2.75) is 29.7 Å². The van der Waals surface area contributed by atoms with Crippen LogP contribution in [0.1, 0.15) is 19.3 Å². The second kappa shape index (κ2) is 5.52. The molecule has 0 aromatic heterocycles. The molecule has 0 spiro atoms. The molecule has 112 valence electrons. The highest BCUT2D eigenvalue weighted by Crippen LogP contribution is 2.36. The first-order valence-corrected chi connectivity index (χ1v) is 8.35. The van der Waals surface area contributed by atoms with Gasteiger partial charge < -0.3 is 10.6 Å². The molecular weight excluding hydrogens is 298 g/mol. The molecule has 1 aromatic carbocycles. The number of nitrogens with two attached hydrogens (primary N) is 1. The molecule has 0 aliphatic heterocycles. The van der Waals surface area contributed by atoms with Crippen LogP contribution < -0.4 is 10.5 Å². The zero-order valence-corrected chi connectivity index (χ0v) is 13.3. The van der Waals surface area contributed by atoms with Crippen LogP contribution in [0, 0.1) is 0 Å². The summed E-state index contributed by atoms with van der Waals surface area (Å²) < 4.78 is 27.3. The van der Waals surface area contributed by atoms with Gasteiger partial charge in [-0.3, -0.25) is 0 Å². The minimum Gasteiger partial charge on any atom is -0.398 e. The Kier molecular flexibility index (Phi) is 4.30. The predicted molar refractivity (Wildman–Crippen MR) is 81.3 cm³/mol. The fraction of sp³-hybridized carbons (Fsp3) is 0.538. The quantitative estimate of drug-likeness (QED) is 0.810. The third-order valence-corrected chi connectivity index (χ3v) is 5.80. The zero-order chi connectivity index (χ0) is 15.0. The summed E-state index contributed by atoms with van der Waals surface area (Å²) in [6, 6.07) is 4.40. The van der Waals surface area contributed by atoms with Gasteiger partial charge in [-0.1, -0.05) is 11.6 Å². The summed E-state index contributed by atoms with van der Waals surface area (Å²) in [6.07, 6.45) is 3.13. The van der Waals surface area contributed by atoms with Crippen molar-refractivity contribution in [3.05, 3.63) is 23.2 Å². The molecule has 1 aromatic rings. The second-order valence-corrected chi connectivity index (χ2v) is 7.65. The maximum absolute atomic E-state index is 12.3. The molecule has 2 rings (SSSR count). The second-order valence-electron chi connectivity index (χ2n) is 5.48. The minimum atomic E-state index is -3.61. The van der Waals surface area contributed by atoms with E-state index >= 15 is 0 Å². The van der Waals surface area contributed by atoms with Gasteiger partial charge in [0.25, 0.3) is 0 Å². The highest BCUT2D eigenvalue weighted by molar-refractivity contribution is 7.89. The summed E-state index contributed by atoms with van der Waals surface area (Å²) in [5.41, 5.74) is 5.83. The van der Waals surface area contributed by atoms with Crippen LogP contribution >= 0.6 is 11.6 Å². The number of halogens is 1.